The van der Waals surface area contributed by atoms with Crippen LogP contribution in [0.1, 0.15) is 39.5 Å². The van der Waals surface area contributed by atoms with Crippen LogP contribution in [0.3, 0.4) is 0 Å². The van der Waals surface area contributed by atoms with Crippen molar-refractivity contribution in [1.82, 2.24) is 0 Å². The van der Waals surface area contributed by atoms with Crippen LogP contribution >= 0.6 is 21.6 Å². The van der Waals surface area contributed by atoms with Crippen molar-refractivity contribution in [3.05, 3.63) is 0 Å². The number of hydrogen-bond donors (Lipinski definition) is 3. The molecule has 6 nitrogen and oxygen atoms in total. The molecule has 0 fully saturated rings. The summed E-state index contributed by atoms with van der Waals surface area (Å²) in [6.45, 7) is 4.39. The lowest BCUT2D eigenvalue weighted by Crippen LogP contribution is -2.49. The van der Waals surface area contributed by atoms with E-state index in [4.69, 9.17) is 13.3 Å². The van der Waals surface area contributed by atoms with Crippen molar-refractivity contribution in [3.63, 3.8) is 0 Å². The molecule has 0 radical (unpaired) electrons. The van der Waals surface area contributed by atoms with E-state index in [1.165, 1.54) is 6.42 Å². The quantitative estimate of drug-likeness (QED) is 0.149. The first-order valence-electron chi connectivity index (χ1n) is 10.1. The second kappa shape index (κ2) is 16.6. The van der Waals surface area contributed by atoms with Crippen LogP contribution in [-0.2, 0) is 13.3 Å². The van der Waals surface area contributed by atoms with E-state index in [2.05, 4.69) is 13.8 Å². The summed E-state index contributed by atoms with van der Waals surface area (Å²) in [5.41, 5.74) is 0. The smallest absolute Gasteiger partial charge is 0.399 e. The molecular weight excluding hydrogens is 432 g/mol. The van der Waals surface area contributed by atoms with Gasteiger partial charge in [-0.2, -0.15) is 0 Å². The molecule has 170 valence electrons. The van der Waals surface area contributed by atoms with E-state index < -0.39 is 16.9 Å². The third-order valence-electron chi connectivity index (χ3n) is 5.25. The highest BCUT2D eigenvalue weighted by Gasteiger charge is 2.39. The minimum atomic E-state index is -2.46. The molecular formula is C18H42O6S2Si2. The van der Waals surface area contributed by atoms with E-state index in [1.807, 2.05) is 21.6 Å². The van der Waals surface area contributed by atoms with Crippen molar-refractivity contribution in [1.29, 1.82) is 0 Å². The second-order valence-corrected chi connectivity index (χ2v) is 17.9. The predicted molar refractivity (Wildman–Crippen MR) is 125 cm³/mol. The highest BCUT2D eigenvalue weighted by atomic mass is 33.1. The molecule has 2 atom stereocenters. The highest BCUT2D eigenvalue weighted by Crippen LogP contribution is 2.28. The maximum atomic E-state index is 9.48. The Balaban J connectivity index is 3.79. The molecule has 0 aromatic carbocycles. The highest BCUT2D eigenvalue weighted by molar-refractivity contribution is 8.76. The minimum Gasteiger partial charge on any atom is -0.399 e. The monoisotopic (exact) mass is 474 g/mol. The summed E-state index contributed by atoms with van der Waals surface area (Å²) in [4.78, 5) is 0. The van der Waals surface area contributed by atoms with E-state index >= 15 is 0 Å². The fraction of sp³-hybridized carbons (Fsp3) is 1.00. The molecule has 0 aliphatic carbocycles. The summed E-state index contributed by atoms with van der Waals surface area (Å²) in [5.74, 6) is 3.22. The van der Waals surface area contributed by atoms with Crippen LogP contribution < -0.4 is 0 Å². The van der Waals surface area contributed by atoms with Gasteiger partial charge in [0, 0.05) is 57.6 Å². The van der Waals surface area contributed by atoms with E-state index in [0.717, 1.165) is 42.9 Å². The molecule has 0 aromatic rings. The van der Waals surface area contributed by atoms with Gasteiger partial charge in [0.25, 0.3) is 0 Å². The molecule has 0 saturated carbocycles. The molecule has 0 spiro atoms. The summed E-state index contributed by atoms with van der Waals surface area (Å²) in [7, 11) is 4.12. The normalized spacial score (nSPS) is 15.0. The SMILES string of the molecule is CO[Si](CC(C)CCCSSCCCC(C)C[Si](CO)(CO)CO)(OC)OC. The van der Waals surface area contributed by atoms with E-state index in [9.17, 15) is 15.3 Å². The molecule has 0 heterocycles. The Labute approximate surface area is 181 Å². The van der Waals surface area contributed by atoms with Crippen LogP contribution in [0, 0.1) is 11.8 Å². The molecule has 0 rings (SSSR count). The molecule has 3 N–H and O–H groups in total. The maximum Gasteiger partial charge on any atom is 0.500 e. The number of aliphatic hydroxyl groups is 3. The maximum absolute atomic E-state index is 9.48. The molecule has 0 saturated heterocycles. The third kappa shape index (κ3) is 11.3. The zero-order chi connectivity index (χ0) is 21.5. The van der Waals surface area contributed by atoms with Crippen LogP contribution in [0.15, 0.2) is 0 Å². The van der Waals surface area contributed by atoms with Gasteiger partial charge in [-0.1, -0.05) is 41.9 Å². The summed E-state index contributed by atoms with van der Waals surface area (Å²) in [6.07, 6.45) is 4.44. The number of hydrogen-bond acceptors (Lipinski definition) is 8. The molecule has 0 amide bonds. The van der Waals surface area contributed by atoms with Crippen molar-refractivity contribution in [2.45, 2.75) is 51.6 Å². The van der Waals surface area contributed by atoms with Gasteiger partial charge in [0.05, 0.1) is 0 Å². The Kier molecular flexibility index (Phi) is 17.1. The van der Waals surface area contributed by atoms with Gasteiger partial charge in [-0.05, 0) is 37.1 Å². The Morgan fingerprint density at radius 2 is 1.11 bits per heavy atom. The summed E-state index contributed by atoms with van der Waals surface area (Å²) < 4.78 is 16.5. The molecule has 28 heavy (non-hydrogen) atoms. The third-order valence-corrected chi connectivity index (χ3v) is 14.5. The topological polar surface area (TPSA) is 88.4 Å². The predicted octanol–water partition coefficient (Wildman–Crippen LogP) is 3.12. The molecule has 0 aromatic heterocycles. The van der Waals surface area contributed by atoms with E-state index in [-0.39, 0.29) is 18.7 Å². The van der Waals surface area contributed by atoms with E-state index in [0.29, 0.717) is 11.8 Å². The first kappa shape index (κ1) is 28.9. The van der Waals surface area contributed by atoms with Crippen LogP contribution in [0.25, 0.3) is 0 Å². The lowest BCUT2D eigenvalue weighted by Gasteiger charge is -2.28. The summed E-state index contributed by atoms with van der Waals surface area (Å²) in [6, 6.07) is 1.65. The van der Waals surface area contributed by atoms with Crippen LogP contribution in [0.4, 0.5) is 0 Å². The molecule has 10 heteroatoms. The minimum absolute atomic E-state index is 0.0316. The first-order chi connectivity index (χ1) is 13.4. The zero-order valence-corrected chi connectivity index (χ0v) is 21.9. The second-order valence-electron chi connectivity index (χ2n) is 7.82. The number of rotatable bonds is 19. The Hall–Kier alpha value is 0.894. The Morgan fingerprint density at radius 1 is 0.714 bits per heavy atom. The van der Waals surface area contributed by atoms with E-state index in [1.54, 1.807) is 21.3 Å². The van der Waals surface area contributed by atoms with Gasteiger partial charge in [0.1, 0.15) is 8.07 Å². The van der Waals surface area contributed by atoms with Crippen molar-refractivity contribution in [2.24, 2.45) is 11.8 Å². The Morgan fingerprint density at radius 3 is 1.46 bits per heavy atom. The Bertz CT molecular complexity index is 323. The molecule has 0 aliphatic rings. The lowest BCUT2D eigenvalue weighted by molar-refractivity contribution is 0.118. The van der Waals surface area contributed by atoms with Gasteiger partial charge in [0.2, 0.25) is 0 Å². The molecule has 0 aliphatic heterocycles. The van der Waals surface area contributed by atoms with Crippen LogP contribution in [0.5, 0.6) is 0 Å². The van der Waals surface area contributed by atoms with Crippen molar-refractivity contribution < 1.29 is 28.6 Å². The van der Waals surface area contributed by atoms with Gasteiger partial charge in [0.15, 0.2) is 0 Å². The number of aliphatic hydroxyl groups excluding tert-OH is 3. The van der Waals surface area contributed by atoms with Gasteiger partial charge in [-0.15, -0.1) is 0 Å². The largest absolute Gasteiger partial charge is 0.500 e. The van der Waals surface area contributed by atoms with Crippen LogP contribution in [0.2, 0.25) is 12.1 Å². The summed E-state index contributed by atoms with van der Waals surface area (Å²) in [5, 5.41) is 28.4. The van der Waals surface area contributed by atoms with Gasteiger partial charge in [-0.3, -0.25) is 0 Å². The standard InChI is InChI=1S/C18H42O6S2Si2/c1-17(12-27(14-19,15-20)16-21)8-6-10-25-26-11-7-9-18(2)13-28(22-3,23-4)24-5/h17-21H,6-16H2,1-5H3. The van der Waals surface area contributed by atoms with Crippen molar-refractivity contribution in [2.75, 3.05) is 51.5 Å². The fourth-order valence-corrected chi connectivity index (χ4v) is 9.96. The average molecular weight is 475 g/mol. The summed E-state index contributed by atoms with van der Waals surface area (Å²) >= 11 is 0. The zero-order valence-electron chi connectivity index (χ0n) is 18.3. The average Bonchev–Trinajstić information content (AvgIpc) is 2.72. The van der Waals surface area contributed by atoms with Gasteiger partial charge >= 0.3 is 8.80 Å². The fourth-order valence-electron chi connectivity index (χ4n) is 3.31. The van der Waals surface area contributed by atoms with Crippen molar-refractivity contribution in [3.8, 4) is 0 Å². The molecule has 2 unspecified atom stereocenters. The van der Waals surface area contributed by atoms with Gasteiger partial charge < -0.3 is 28.6 Å². The lowest BCUT2D eigenvalue weighted by atomic mass is 10.1. The first-order valence-corrected chi connectivity index (χ1v) is 17.3. The van der Waals surface area contributed by atoms with Crippen molar-refractivity contribution >= 4 is 38.5 Å². The molecule has 0 bridgehead atoms. The van der Waals surface area contributed by atoms with Gasteiger partial charge in [-0.25, -0.2) is 0 Å². The van der Waals surface area contributed by atoms with Crippen LogP contribution in [-0.4, -0.2) is 83.7 Å².